The lowest BCUT2D eigenvalue weighted by Gasteiger charge is -2.63. The zero-order valence-corrected chi connectivity index (χ0v) is 40.7. The van der Waals surface area contributed by atoms with Gasteiger partial charge in [0.2, 0.25) is 5.60 Å². The standard InChI is InChI=1S/C53H72N4O10/c1-8-11-12-13-16-26-66-33-57-41-28-42(63-5)39(27-38(41)51-22-25-56-23-17-21-50(10-3,44(51)56)46(67-34(4)58)53(62,45(51)57)48(60)65-7)52(47(59)64-6)30-35-29-49(61,9-2)32-55(31-35)24-20-37-36-18-14-15-19-40(36)54-43(37)52/h14-15,17-19,21,27-28,35,44-46,54,61-62H,8-13,16,20,22-26,29-33H2,1-7H3. The number of unbranched alkanes of at least 4 members (excludes halogenated alkanes) is 4. The number of aromatic nitrogens is 1. The number of nitrogens with zero attached hydrogens (tertiary/aromatic N) is 3. The molecule has 3 fully saturated rings. The fourth-order valence-electron chi connectivity index (χ4n) is 14.4. The summed E-state index contributed by atoms with van der Waals surface area (Å²) in [6, 6.07) is 10.8. The number of carbonyl (C=O) groups excluding carboxylic acids is 3. The van der Waals surface area contributed by atoms with Crippen molar-refractivity contribution in [3.05, 3.63) is 70.9 Å². The number of benzene rings is 2. The Hall–Kier alpha value is -4.47. The third kappa shape index (κ3) is 7.16. The van der Waals surface area contributed by atoms with E-state index >= 15 is 4.79 Å². The molecule has 10 atom stereocenters. The second kappa shape index (κ2) is 18.1. The quantitative estimate of drug-likeness (QED) is 0.0674. The van der Waals surface area contributed by atoms with Crippen LogP contribution in [0.2, 0.25) is 0 Å². The van der Waals surface area contributed by atoms with Crippen LogP contribution in [0.5, 0.6) is 5.75 Å². The van der Waals surface area contributed by atoms with Gasteiger partial charge in [-0.1, -0.05) is 76.8 Å². The number of esters is 3. The molecular formula is C53H72N4O10. The zero-order valence-electron chi connectivity index (χ0n) is 40.7. The number of piperidine rings is 1. The van der Waals surface area contributed by atoms with Gasteiger partial charge in [-0.25, -0.2) is 4.79 Å². The van der Waals surface area contributed by atoms with Crippen LogP contribution in [0.15, 0.2) is 48.6 Å². The van der Waals surface area contributed by atoms with Crippen LogP contribution in [-0.4, -0.2) is 140 Å². The molecule has 3 aromatic rings. The van der Waals surface area contributed by atoms with Crippen molar-refractivity contribution in [2.45, 2.75) is 139 Å². The molecule has 364 valence electrons. The molecule has 1 aromatic heterocycles. The number of hydrogen-bond donors (Lipinski definition) is 3. The predicted octanol–water partition coefficient (Wildman–Crippen LogP) is 6.31. The smallest absolute Gasteiger partial charge is 0.344 e. The number of carbonyl (C=O) groups is 3. The number of hydrogen-bond acceptors (Lipinski definition) is 13. The van der Waals surface area contributed by atoms with Gasteiger partial charge in [-0.05, 0) is 80.7 Å². The molecule has 10 unspecified atom stereocenters. The van der Waals surface area contributed by atoms with Gasteiger partial charge in [0.25, 0.3) is 0 Å². The number of para-hydroxylation sites is 1. The van der Waals surface area contributed by atoms with Crippen molar-refractivity contribution in [2.24, 2.45) is 11.3 Å². The van der Waals surface area contributed by atoms with E-state index in [0.29, 0.717) is 94.9 Å². The highest BCUT2D eigenvalue weighted by molar-refractivity contribution is 5.95. The van der Waals surface area contributed by atoms with E-state index in [2.05, 4.69) is 46.0 Å². The Morgan fingerprint density at radius 2 is 1.67 bits per heavy atom. The summed E-state index contributed by atoms with van der Waals surface area (Å²) in [7, 11) is 4.32. The van der Waals surface area contributed by atoms with E-state index in [1.165, 1.54) is 21.1 Å². The van der Waals surface area contributed by atoms with Crippen LogP contribution in [0, 0.1) is 11.3 Å². The third-order valence-electron chi connectivity index (χ3n) is 17.1. The topological polar surface area (TPSA) is 163 Å². The Morgan fingerprint density at radius 1 is 0.896 bits per heavy atom. The lowest BCUT2D eigenvalue weighted by molar-refractivity contribution is -0.229. The molecule has 1 spiro atoms. The van der Waals surface area contributed by atoms with Gasteiger partial charge in [0.1, 0.15) is 17.9 Å². The normalized spacial score (nSPS) is 34.0. The minimum absolute atomic E-state index is 0.0191. The van der Waals surface area contributed by atoms with Crippen LogP contribution in [0.3, 0.4) is 0 Å². The number of aliphatic hydroxyl groups is 2. The summed E-state index contributed by atoms with van der Waals surface area (Å²) in [5.41, 5.74) is -2.02. The second-order valence-corrected chi connectivity index (χ2v) is 20.5. The van der Waals surface area contributed by atoms with Gasteiger partial charge < -0.3 is 43.8 Å². The lowest BCUT2D eigenvalue weighted by atomic mass is 9.47. The van der Waals surface area contributed by atoms with E-state index in [1.807, 2.05) is 43.0 Å². The molecule has 2 aromatic carbocycles. The van der Waals surface area contributed by atoms with Crippen LogP contribution in [0.25, 0.3) is 10.9 Å². The van der Waals surface area contributed by atoms with E-state index in [-0.39, 0.29) is 18.7 Å². The second-order valence-electron chi connectivity index (χ2n) is 20.5. The molecule has 14 heteroatoms. The molecule has 6 heterocycles. The molecule has 2 bridgehead atoms. The maximum Gasteiger partial charge on any atom is 0.344 e. The van der Waals surface area contributed by atoms with Crippen LogP contribution >= 0.6 is 0 Å². The summed E-state index contributed by atoms with van der Waals surface area (Å²) in [4.78, 5) is 54.2. The van der Waals surface area contributed by atoms with Crippen molar-refractivity contribution in [3.8, 4) is 5.75 Å². The number of aromatic amines is 1. The molecule has 14 nitrogen and oxygen atoms in total. The number of nitrogens with one attached hydrogen (secondary N) is 1. The zero-order chi connectivity index (χ0) is 47.5. The number of ether oxygens (including phenoxy) is 5. The SMILES string of the molecule is CCCCCCCOCN1c2cc(OC)c(C3(C(=O)OC)CC4CN(CCc5c3[nH]c3ccccc53)CC(O)(CC)C4)cc2C23CCN4CC=CC(CC)(C(OC(C)=O)C(O)(C(=O)OC)C12)C43. The summed E-state index contributed by atoms with van der Waals surface area (Å²) in [5, 5.41) is 26.9. The van der Waals surface area contributed by atoms with E-state index in [1.54, 1.807) is 7.11 Å². The summed E-state index contributed by atoms with van der Waals surface area (Å²) in [5.74, 6) is -1.65. The average molecular weight is 925 g/mol. The molecule has 6 aliphatic rings. The van der Waals surface area contributed by atoms with Crippen molar-refractivity contribution in [1.29, 1.82) is 0 Å². The van der Waals surface area contributed by atoms with Gasteiger partial charge in [-0.15, -0.1) is 0 Å². The Balaban J connectivity index is 1.34. The fraction of sp³-hybridized carbons (Fsp3) is 0.642. The first-order valence-electron chi connectivity index (χ1n) is 24.9. The highest BCUT2D eigenvalue weighted by Crippen LogP contribution is 2.68. The van der Waals surface area contributed by atoms with E-state index in [9.17, 15) is 19.8 Å². The molecule has 3 N–H and O–H groups in total. The Bertz CT molecular complexity index is 2400. The number of rotatable bonds is 15. The van der Waals surface area contributed by atoms with Gasteiger partial charge in [-0.2, -0.15) is 0 Å². The molecule has 1 aliphatic carbocycles. The van der Waals surface area contributed by atoms with Crippen molar-refractivity contribution in [1.82, 2.24) is 14.8 Å². The average Bonchev–Trinajstić information content (AvgIpc) is 4.00. The maximum atomic E-state index is 15.6. The molecule has 0 radical (unpaired) electrons. The highest BCUT2D eigenvalue weighted by Gasteiger charge is 2.81. The van der Waals surface area contributed by atoms with Gasteiger partial charge in [0.15, 0.2) is 6.10 Å². The number of anilines is 1. The monoisotopic (exact) mass is 925 g/mol. The first-order chi connectivity index (χ1) is 32.3. The van der Waals surface area contributed by atoms with Crippen LogP contribution < -0.4 is 9.64 Å². The van der Waals surface area contributed by atoms with E-state index in [4.69, 9.17) is 23.7 Å². The van der Waals surface area contributed by atoms with Gasteiger partial charge in [0.05, 0.1) is 33.0 Å². The minimum Gasteiger partial charge on any atom is -0.496 e. The van der Waals surface area contributed by atoms with E-state index in [0.717, 1.165) is 59.8 Å². The third-order valence-corrected chi connectivity index (χ3v) is 17.1. The fourth-order valence-corrected chi connectivity index (χ4v) is 14.4. The Kier molecular flexibility index (Phi) is 12.9. The van der Waals surface area contributed by atoms with Gasteiger partial charge in [-0.3, -0.25) is 19.4 Å². The summed E-state index contributed by atoms with van der Waals surface area (Å²) >= 11 is 0. The molecule has 9 rings (SSSR count). The molecule has 5 aliphatic heterocycles. The van der Waals surface area contributed by atoms with Gasteiger partial charge in [0, 0.05) is 90.5 Å². The first kappa shape index (κ1) is 47.6. The molecule has 0 amide bonds. The van der Waals surface area contributed by atoms with Crippen molar-refractivity contribution >= 4 is 34.5 Å². The highest BCUT2D eigenvalue weighted by atomic mass is 16.6. The lowest BCUT2D eigenvalue weighted by Crippen LogP contribution is -2.81. The van der Waals surface area contributed by atoms with Gasteiger partial charge >= 0.3 is 17.9 Å². The summed E-state index contributed by atoms with van der Waals surface area (Å²) in [6.07, 6.45) is 11.0. The van der Waals surface area contributed by atoms with Crippen molar-refractivity contribution in [3.63, 3.8) is 0 Å². The van der Waals surface area contributed by atoms with Crippen LogP contribution in [0.1, 0.15) is 114 Å². The Labute approximate surface area is 395 Å². The summed E-state index contributed by atoms with van der Waals surface area (Å²) < 4.78 is 31.0. The predicted molar refractivity (Wildman–Crippen MR) is 254 cm³/mol. The Morgan fingerprint density at radius 3 is 2.39 bits per heavy atom. The van der Waals surface area contributed by atoms with Crippen LogP contribution in [-0.2, 0) is 50.6 Å². The van der Waals surface area contributed by atoms with Crippen molar-refractivity contribution in [2.75, 3.05) is 72.3 Å². The molecule has 1 saturated carbocycles. The molecule has 2 saturated heterocycles. The number of fused-ring (bicyclic) bond motifs is 6. The largest absolute Gasteiger partial charge is 0.496 e. The van der Waals surface area contributed by atoms with Crippen molar-refractivity contribution < 1.29 is 48.3 Å². The maximum absolute atomic E-state index is 15.6. The summed E-state index contributed by atoms with van der Waals surface area (Å²) in [6.45, 7) is 11.2. The van der Waals surface area contributed by atoms with Crippen LogP contribution in [0.4, 0.5) is 5.69 Å². The number of H-pyrrole nitrogens is 1. The minimum atomic E-state index is -2.39. The molecular weight excluding hydrogens is 853 g/mol. The van der Waals surface area contributed by atoms with E-state index < -0.39 is 57.5 Å². The first-order valence-corrected chi connectivity index (χ1v) is 24.9. The molecule has 67 heavy (non-hydrogen) atoms. The number of methoxy groups -OCH3 is 3.